The minimum absolute atomic E-state index is 0.136. The van der Waals surface area contributed by atoms with E-state index in [9.17, 15) is 9.18 Å². The Morgan fingerprint density at radius 1 is 1.16 bits per heavy atom. The van der Waals surface area contributed by atoms with Gasteiger partial charge in [-0.25, -0.2) is 9.37 Å². The first kappa shape index (κ1) is 19.1. The van der Waals surface area contributed by atoms with Crippen molar-refractivity contribution in [2.45, 2.75) is 12.5 Å². The predicted molar refractivity (Wildman–Crippen MR) is 117 cm³/mol. The number of amides is 1. The Morgan fingerprint density at radius 2 is 2.03 bits per heavy atom. The molecule has 1 atom stereocenters. The molecule has 1 unspecified atom stereocenters. The first-order valence-electron chi connectivity index (χ1n) is 10.00. The lowest BCUT2D eigenvalue weighted by Gasteiger charge is -2.19. The molecule has 0 saturated heterocycles. The van der Waals surface area contributed by atoms with Gasteiger partial charge in [0, 0.05) is 30.4 Å². The first-order valence-corrected chi connectivity index (χ1v) is 10.00. The second-order valence-corrected chi connectivity index (χ2v) is 7.55. The summed E-state index contributed by atoms with van der Waals surface area (Å²) in [5, 5.41) is 6.09. The Balaban J connectivity index is 1.48. The smallest absolute Gasteiger partial charge is 0.225 e. The summed E-state index contributed by atoms with van der Waals surface area (Å²) in [6.07, 6.45) is 5.22. The van der Waals surface area contributed by atoms with E-state index in [1.165, 1.54) is 12.1 Å². The molecule has 0 fully saturated rings. The third-order valence-corrected chi connectivity index (χ3v) is 5.50. The van der Waals surface area contributed by atoms with Gasteiger partial charge in [-0.2, -0.15) is 0 Å². The lowest BCUT2D eigenvalue weighted by Crippen LogP contribution is -2.32. The third kappa shape index (κ3) is 3.57. The summed E-state index contributed by atoms with van der Waals surface area (Å²) in [5.41, 5.74) is 2.18. The van der Waals surface area contributed by atoms with Gasteiger partial charge in [0.15, 0.2) is 0 Å². The fourth-order valence-electron chi connectivity index (χ4n) is 4.03. The zero-order valence-electron chi connectivity index (χ0n) is 16.9. The van der Waals surface area contributed by atoms with Crippen LogP contribution in [0.15, 0.2) is 83.7 Å². The fraction of sp³-hybridized carbons (Fsp3) is 0.120. The number of halogens is 1. The Bertz CT molecular complexity index is 1400. The number of rotatable bonds is 5. The van der Waals surface area contributed by atoms with Crippen molar-refractivity contribution in [1.82, 2.24) is 14.9 Å². The van der Waals surface area contributed by atoms with Crippen molar-refractivity contribution in [3.8, 4) is 0 Å². The van der Waals surface area contributed by atoms with Gasteiger partial charge >= 0.3 is 0 Å². The summed E-state index contributed by atoms with van der Waals surface area (Å²) < 4.78 is 21.4. The van der Waals surface area contributed by atoms with Crippen LogP contribution in [0.5, 0.6) is 0 Å². The molecule has 154 valence electrons. The van der Waals surface area contributed by atoms with E-state index < -0.39 is 6.04 Å². The molecular formula is C25H20FN3O2. The van der Waals surface area contributed by atoms with Gasteiger partial charge in [0.25, 0.3) is 0 Å². The van der Waals surface area contributed by atoms with E-state index in [2.05, 4.69) is 10.3 Å². The molecule has 6 heteroatoms. The van der Waals surface area contributed by atoms with Crippen molar-refractivity contribution in [2.24, 2.45) is 7.05 Å². The van der Waals surface area contributed by atoms with E-state index in [1.807, 2.05) is 48.0 Å². The zero-order valence-corrected chi connectivity index (χ0v) is 16.9. The van der Waals surface area contributed by atoms with Crippen LogP contribution < -0.4 is 5.32 Å². The molecule has 0 aliphatic heterocycles. The molecule has 0 bridgehead atoms. The number of nitrogens with one attached hydrogen (secondary N) is 1. The van der Waals surface area contributed by atoms with Crippen molar-refractivity contribution < 1.29 is 13.6 Å². The maximum absolute atomic E-state index is 13.9. The molecule has 0 radical (unpaired) electrons. The molecule has 2 heterocycles. The SMILES string of the molecule is Cn1ccnc1C(NC(=O)Cc1coc2ccc3ccccc3c12)c1cccc(F)c1. The molecule has 31 heavy (non-hydrogen) atoms. The summed E-state index contributed by atoms with van der Waals surface area (Å²) in [6, 6.07) is 17.6. The Labute approximate surface area is 178 Å². The van der Waals surface area contributed by atoms with Crippen LogP contribution in [-0.4, -0.2) is 15.5 Å². The van der Waals surface area contributed by atoms with Crippen molar-refractivity contribution in [3.63, 3.8) is 0 Å². The lowest BCUT2D eigenvalue weighted by atomic mass is 10.0. The van der Waals surface area contributed by atoms with E-state index in [4.69, 9.17) is 4.42 Å². The van der Waals surface area contributed by atoms with Crippen molar-refractivity contribution >= 4 is 27.6 Å². The fourth-order valence-corrected chi connectivity index (χ4v) is 4.03. The Hall–Kier alpha value is -3.93. The molecule has 0 spiro atoms. The number of carbonyl (C=O) groups excluding carboxylic acids is 1. The summed E-state index contributed by atoms with van der Waals surface area (Å²) >= 11 is 0. The number of hydrogen-bond acceptors (Lipinski definition) is 3. The molecule has 2 aromatic heterocycles. The summed E-state index contributed by atoms with van der Waals surface area (Å²) in [7, 11) is 1.84. The Morgan fingerprint density at radius 3 is 2.84 bits per heavy atom. The van der Waals surface area contributed by atoms with E-state index in [-0.39, 0.29) is 18.1 Å². The molecule has 5 nitrogen and oxygen atoms in total. The molecule has 0 aliphatic rings. The summed E-state index contributed by atoms with van der Waals surface area (Å²) in [5.74, 6) is 0.0626. The number of carbonyl (C=O) groups is 1. The summed E-state index contributed by atoms with van der Waals surface area (Å²) in [6.45, 7) is 0. The van der Waals surface area contributed by atoms with Crippen LogP contribution in [0.2, 0.25) is 0 Å². The minimum atomic E-state index is -0.571. The van der Waals surface area contributed by atoms with Gasteiger partial charge in [-0.3, -0.25) is 4.79 Å². The second kappa shape index (κ2) is 7.72. The van der Waals surface area contributed by atoms with Crippen LogP contribution in [0.4, 0.5) is 4.39 Å². The van der Waals surface area contributed by atoms with Crippen LogP contribution in [0.25, 0.3) is 21.7 Å². The number of benzene rings is 3. The van der Waals surface area contributed by atoms with E-state index in [1.54, 1.807) is 30.8 Å². The van der Waals surface area contributed by atoms with Crippen LogP contribution in [0, 0.1) is 5.82 Å². The second-order valence-electron chi connectivity index (χ2n) is 7.55. The number of aromatic nitrogens is 2. The summed E-state index contributed by atoms with van der Waals surface area (Å²) in [4.78, 5) is 17.5. The van der Waals surface area contributed by atoms with Crippen LogP contribution in [-0.2, 0) is 18.3 Å². The van der Waals surface area contributed by atoms with Gasteiger partial charge in [0.2, 0.25) is 5.91 Å². The van der Waals surface area contributed by atoms with Crippen LogP contribution in [0.1, 0.15) is 23.0 Å². The molecule has 0 aliphatic carbocycles. The van der Waals surface area contributed by atoms with Gasteiger partial charge in [-0.1, -0.05) is 42.5 Å². The number of fused-ring (bicyclic) bond motifs is 3. The number of furan rings is 1. The van der Waals surface area contributed by atoms with Crippen LogP contribution in [0.3, 0.4) is 0 Å². The molecule has 5 rings (SSSR count). The number of aryl methyl sites for hydroxylation is 1. The Kier molecular flexibility index (Phi) is 4.75. The van der Waals surface area contributed by atoms with Crippen molar-refractivity contribution in [3.05, 3.63) is 102 Å². The van der Waals surface area contributed by atoms with E-state index >= 15 is 0 Å². The minimum Gasteiger partial charge on any atom is -0.464 e. The van der Waals surface area contributed by atoms with E-state index in [0.29, 0.717) is 11.4 Å². The molecule has 1 amide bonds. The normalized spacial score (nSPS) is 12.3. The van der Waals surface area contributed by atoms with Gasteiger partial charge in [-0.05, 0) is 34.5 Å². The molecular weight excluding hydrogens is 393 g/mol. The highest BCUT2D eigenvalue weighted by Crippen LogP contribution is 2.30. The molecule has 3 aromatic carbocycles. The average molecular weight is 413 g/mol. The maximum atomic E-state index is 13.9. The number of imidazole rings is 1. The maximum Gasteiger partial charge on any atom is 0.225 e. The number of hydrogen-bond donors (Lipinski definition) is 1. The van der Waals surface area contributed by atoms with Crippen molar-refractivity contribution in [1.29, 1.82) is 0 Å². The highest BCUT2D eigenvalue weighted by Gasteiger charge is 2.22. The van der Waals surface area contributed by atoms with E-state index in [0.717, 1.165) is 27.3 Å². The quantitative estimate of drug-likeness (QED) is 0.446. The van der Waals surface area contributed by atoms with Gasteiger partial charge in [0.05, 0.1) is 12.7 Å². The largest absolute Gasteiger partial charge is 0.464 e. The van der Waals surface area contributed by atoms with Crippen molar-refractivity contribution in [2.75, 3.05) is 0 Å². The standard InChI is InChI=1S/C25H20FN3O2/c1-29-12-11-27-25(29)24(17-6-4-7-19(26)13-17)28-22(30)14-18-15-31-21-10-9-16-5-2-3-8-20(16)23(18)21/h2-13,15,24H,14H2,1H3,(H,28,30). The molecule has 1 N–H and O–H groups in total. The van der Waals surface area contributed by atoms with Gasteiger partial charge < -0.3 is 14.3 Å². The molecule has 5 aromatic rings. The predicted octanol–water partition coefficient (Wildman–Crippen LogP) is 4.91. The zero-order chi connectivity index (χ0) is 21.4. The highest BCUT2D eigenvalue weighted by atomic mass is 19.1. The van der Waals surface area contributed by atoms with Gasteiger partial charge in [-0.15, -0.1) is 0 Å². The lowest BCUT2D eigenvalue weighted by molar-refractivity contribution is -0.121. The van der Waals surface area contributed by atoms with Gasteiger partial charge in [0.1, 0.15) is 23.3 Å². The highest BCUT2D eigenvalue weighted by molar-refractivity contribution is 6.08. The monoisotopic (exact) mass is 413 g/mol. The number of nitrogens with zero attached hydrogens (tertiary/aromatic N) is 2. The molecule has 0 saturated carbocycles. The first-order chi connectivity index (χ1) is 15.1. The third-order valence-electron chi connectivity index (χ3n) is 5.50. The van der Waals surface area contributed by atoms with Crippen LogP contribution >= 0.6 is 0 Å². The topological polar surface area (TPSA) is 60.1 Å². The average Bonchev–Trinajstić information content (AvgIpc) is 3.38.